The van der Waals surface area contributed by atoms with Crippen LogP contribution in [0.3, 0.4) is 0 Å². The van der Waals surface area contributed by atoms with Gasteiger partial charge in [0.15, 0.2) is 0 Å². The van der Waals surface area contributed by atoms with Crippen molar-refractivity contribution in [3.63, 3.8) is 0 Å². The van der Waals surface area contributed by atoms with Crippen LogP contribution >= 0.6 is 0 Å². The van der Waals surface area contributed by atoms with Crippen molar-refractivity contribution in [1.82, 2.24) is 0 Å². The van der Waals surface area contributed by atoms with Gasteiger partial charge in [-0.05, 0) is 28.8 Å². The summed E-state index contributed by atoms with van der Waals surface area (Å²) in [4.78, 5) is 10.3. The highest BCUT2D eigenvalue weighted by Gasteiger charge is 2.38. The Bertz CT molecular complexity index is 944. The number of ether oxygens (including phenoxy) is 1. The van der Waals surface area contributed by atoms with Gasteiger partial charge in [0.1, 0.15) is 0 Å². The average Bonchev–Trinajstić information content (AvgIpc) is 3.21. The summed E-state index contributed by atoms with van der Waals surface area (Å²) in [6.07, 6.45) is -5.06. The van der Waals surface area contributed by atoms with Gasteiger partial charge in [-0.3, -0.25) is 0 Å². The summed E-state index contributed by atoms with van der Waals surface area (Å²) in [7, 11) is 0. The second kappa shape index (κ2) is 8.21. The van der Waals surface area contributed by atoms with Gasteiger partial charge in [0.2, 0.25) is 12.6 Å². The third-order valence-corrected chi connectivity index (χ3v) is 4.49. The van der Waals surface area contributed by atoms with Gasteiger partial charge in [0, 0.05) is 5.56 Å². The topological polar surface area (TPSA) is 27.7 Å². The molecule has 0 bridgehead atoms. The fourth-order valence-corrected chi connectivity index (χ4v) is 3.16. The van der Waals surface area contributed by atoms with E-state index in [1.54, 1.807) is 6.08 Å². The number of hydrogen-bond donors (Lipinski definition) is 0. The average molecular weight is 398 g/mol. The van der Waals surface area contributed by atoms with E-state index in [1.807, 2.05) is 60.7 Å². The SMILES string of the molecule is FC(F)(F)c1ccccc1C1OOC(C=C(c2ccccc2)c2ccccc2)O1. The second-order valence-corrected chi connectivity index (χ2v) is 6.43. The first-order valence-corrected chi connectivity index (χ1v) is 8.99. The zero-order valence-electron chi connectivity index (χ0n) is 15.2. The summed E-state index contributed by atoms with van der Waals surface area (Å²) < 4.78 is 45.5. The largest absolute Gasteiger partial charge is 0.416 e. The minimum atomic E-state index is -4.52. The molecule has 2 unspecified atom stereocenters. The molecule has 3 aromatic carbocycles. The zero-order valence-corrected chi connectivity index (χ0v) is 15.2. The third-order valence-electron chi connectivity index (χ3n) is 4.49. The molecule has 1 aliphatic rings. The molecule has 1 saturated heterocycles. The van der Waals surface area contributed by atoms with Gasteiger partial charge in [0.05, 0.1) is 5.56 Å². The molecule has 29 heavy (non-hydrogen) atoms. The highest BCUT2D eigenvalue weighted by atomic mass is 19.4. The molecule has 0 N–H and O–H groups in total. The number of hydrogen-bond acceptors (Lipinski definition) is 3. The monoisotopic (exact) mass is 398 g/mol. The minimum Gasteiger partial charge on any atom is -0.310 e. The molecule has 1 heterocycles. The van der Waals surface area contributed by atoms with Gasteiger partial charge in [-0.15, -0.1) is 0 Å². The Hall–Kier alpha value is -2.93. The van der Waals surface area contributed by atoms with Gasteiger partial charge < -0.3 is 4.74 Å². The van der Waals surface area contributed by atoms with E-state index in [0.29, 0.717) is 0 Å². The number of alkyl halides is 3. The third kappa shape index (κ3) is 4.40. The standard InChI is InChI=1S/C23H17F3O3/c24-23(25,26)20-14-8-7-13-18(20)22-27-21(28-29-22)15-19(16-9-3-1-4-10-16)17-11-5-2-6-12-17/h1-15,21-22H. The Balaban J connectivity index is 1.64. The van der Waals surface area contributed by atoms with Crippen molar-refractivity contribution in [2.45, 2.75) is 18.8 Å². The van der Waals surface area contributed by atoms with Gasteiger partial charge in [0.25, 0.3) is 0 Å². The molecule has 0 radical (unpaired) electrons. The second-order valence-electron chi connectivity index (χ2n) is 6.43. The summed E-state index contributed by atoms with van der Waals surface area (Å²) >= 11 is 0. The Morgan fingerprint density at radius 1 is 0.724 bits per heavy atom. The first kappa shape index (κ1) is 19.4. The smallest absolute Gasteiger partial charge is 0.310 e. The van der Waals surface area contributed by atoms with Gasteiger partial charge in [-0.1, -0.05) is 78.9 Å². The van der Waals surface area contributed by atoms with Crippen molar-refractivity contribution in [2.24, 2.45) is 0 Å². The van der Waals surface area contributed by atoms with Crippen LogP contribution in [0.25, 0.3) is 5.57 Å². The van der Waals surface area contributed by atoms with Crippen molar-refractivity contribution in [3.8, 4) is 0 Å². The van der Waals surface area contributed by atoms with E-state index >= 15 is 0 Å². The van der Waals surface area contributed by atoms with Crippen LogP contribution in [0.15, 0.2) is 91.0 Å². The number of halogens is 3. The Kier molecular flexibility index (Phi) is 5.49. The summed E-state index contributed by atoms with van der Waals surface area (Å²) in [5, 5.41) is 0. The van der Waals surface area contributed by atoms with E-state index < -0.39 is 24.3 Å². The van der Waals surface area contributed by atoms with E-state index in [-0.39, 0.29) is 5.56 Å². The lowest BCUT2D eigenvalue weighted by molar-refractivity contribution is -0.292. The Morgan fingerprint density at radius 2 is 1.28 bits per heavy atom. The van der Waals surface area contributed by atoms with Crippen LogP contribution < -0.4 is 0 Å². The van der Waals surface area contributed by atoms with Crippen LogP contribution in [0.4, 0.5) is 13.2 Å². The first-order chi connectivity index (χ1) is 14.0. The maximum absolute atomic E-state index is 13.3. The molecular weight excluding hydrogens is 381 g/mol. The van der Waals surface area contributed by atoms with Crippen LogP contribution in [0.2, 0.25) is 0 Å². The van der Waals surface area contributed by atoms with E-state index in [4.69, 9.17) is 14.5 Å². The van der Waals surface area contributed by atoms with Gasteiger partial charge >= 0.3 is 6.18 Å². The van der Waals surface area contributed by atoms with E-state index in [0.717, 1.165) is 22.8 Å². The van der Waals surface area contributed by atoms with Crippen molar-refractivity contribution >= 4 is 5.57 Å². The molecular formula is C23H17F3O3. The van der Waals surface area contributed by atoms with Crippen molar-refractivity contribution in [2.75, 3.05) is 0 Å². The zero-order chi connectivity index (χ0) is 20.3. The molecule has 1 fully saturated rings. The Morgan fingerprint density at radius 3 is 1.86 bits per heavy atom. The highest BCUT2D eigenvalue weighted by Crippen LogP contribution is 2.39. The maximum atomic E-state index is 13.3. The number of rotatable bonds is 4. The summed E-state index contributed by atoms with van der Waals surface area (Å²) in [5.74, 6) is 0. The molecule has 0 saturated carbocycles. The molecule has 1 aliphatic heterocycles. The van der Waals surface area contributed by atoms with Crippen LogP contribution in [0.5, 0.6) is 0 Å². The molecule has 0 aliphatic carbocycles. The summed E-state index contributed by atoms with van der Waals surface area (Å²) in [5.41, 5.74) is 1.72. The molecule has 6 heteroatoms. The van der Waals surface area contributed by atoms with Crippen molar-refractivity contribution in [3.05, 3.63) is 113 Å². The molecule has 0 amide bonds. The molecule has 3 nitrogen and oxygen atoms in total. The van der Waals surface area contributed by atoms with E-state index in [9.17, 15) is 13.2 Å². The lowest BCUT2D eigenvalue weighted by Crippen LogP contribution is -2.13. The van der Waals surface area contributed by atoms with E-state index in [2.05, 4.69) is 0 Å². The molecule has 0 spiro atoms. The predicted molar refractivity (Wildman–Crippen MR) is 101 cm³/mol. The summed E-state index contributed by atoms with van der Waals surface area (Å²) in [6, 6.07) is 24.3. The van der Waals surface area contributed by atoms with Crippen molar-refractivity contribution in [1.29, 1.82) is 0 Å². The van der Waals surface area contributed by atoms with Crippen LogP contribution in [0.1, 0.15) is 28.5 Å². The normalized spacial score (nSPS) is 19.1. The van der Waals surface area contributed by atoms with E-state index in [1.165, 1.54) is 18.2 Å². The summed E-state index contributed by atoms with van der Waals surface area (Å²) in [6.45, 7) is 0. The fourth-order valence-electron chi connectivity index (χ4n) is 3.16. The fraction of sp³-hybridized carbons (Fsp3) is 0.130. The molecule has 2 atom stereocenters. The molecule has 148 valence electrons. The van der Waals surface area contributed by atoms with Gasteiger partial charge in [-0.25, -0.2) is 0 Å². The Labute approximate surface area is 165 Å². The molecule has 3 aromatic rings. The molecule has 0 aromatic heterocycles. The predicted octanol–water partition coefficient (Wildman–Crippen LogP) is 6.14. The lowest BCUT2D eigenvalue weighted by atomic mass is 9.97. The minimum absolute atomic E-state index is 0.128. The van der Waals surface area contributed by atoms with Crippen LogP contribution in [0, 0.1) is 0 Å². The number of benzene rings is 3. The highest BCUT2D eigenvalue weighted by molar-refractivity contribution is 5.79. The first-order valence-electron chi connectivity index (χ1n) is 8.99. The quantitative estimate of drug-likeness (QED) is 0.494. The van der Waals surface area contributed by atoms with Crippen molar-refractivity contribution < 1.29 is 27.7 Å². The maximum Gasteiger partial charge on any atom is 0.416 e. The van der Waals surface area contributed by atoms with Crippen LogP contribution in [-0.2, 0) is 20.7 Å². The lowest BCUT2D eigenvalue weighted by Gasteiger charge is -2.15. The molecule has 4 rings (SSSR count). The van der Waals surface area contributed by atoms with Crippen LogP contribution in [-0.4, -0.2) is 6.29 Å². The van der Waals surface area contributed by atoms with Gasteiger partial charge in [-0.2, -0.15) is 22.9 Å².